The number of pyridine rings is 1. The highest BCUT2D eigenvalue weighted by atomic mass is 32.2. The van der Waals surface area contributed by atoms with Crippen LogP contribution in [0.15, 0.2) is 28.3 Å². The molecule has 0 N–H and O–H groups in total. The highest BCUT2D eigenvalue weighted by Gasteiger charge is 2.29. The van der Waals surface area contributed by atoms with Crippen molar-refractivity contribution in [2.75, 3.05) is 19.1 Å². The molecule has 26 heavy (non-hydrogen) atoms. The maximum absolute atomic E-state index is 13.2. The minimum absolute atomic E-state index is 0.0447. The molecule has 0 spiro atoms. The van der Waals surface area contributed by atoms with E-state index in [1.165, 1.54) is 35.5 Å². The summed E-state index contributed by atoms with van der Waals surface area (Å²) in [5.41, 5.74) is -0.699. The lowest BCUT2D eigenvalue weighted by atomic mass is 9.89. The van der Waals surface area contributed by atoms with Gasteiger partial charge in [0.15, 0.2) is 5.16 Å². The molecule has 3 rings (SSSR count). The van der Waals surface area contributed by atoms with Crippen LogP contribution in [0.25, 0.3) is 11.3 Å². The van der Waals surface area contributed by atoms with E-state index in [-0.39, 0.29) is 22.5 Å². The van der Waals surface area contributed by atoms with E-state index < -0.39 is 18.8 Å². The molecule has 1 aliphatic heterocycles. The van der Waals surface area contributed by atoms with Gasteiger partial charge in [0.2, 0.25) is 0 Å². The fourth-order valence-corrected chi connectivity index (χ4v) is 3.77. The number of nitrogens with zero attached hydrogens (tertiary/aromatic N) is 4. The number of alkyl halides is 2. The first-order chi connectivity index (χ1) is 12.4. The summed E-state index contributed by atoms with van der Waals surface area (Å²) in [6, 6.07) is 5.06. The number of hydrogen-bond acceptors (Lipinski definition) is 5. The van der Waals surface area contributed by atoms with Gasteiger partial charge in [-0.2, -0.15) is 5.26 Å². The second-order valence-electron chi connectivity index (χ2n) is 6.82. The maximum Gasteiger partial charge on any atom is 0.272 e. The second-order valence-corrected chi connectivity index (χ2v) is 7.81. The van der Waals surface area contributed by atoms with E-state index in [0.29, 0.717) is 23.2 Å². The Morgan fingerprint density at radius 1 is 1.42 bits per heavy atom. The summed E-state index contributed by atoms with van der Waals surface area (Å²) in [6.45, 7) is 2.29. The molecular formula is C18H18F2N4OS. The average molecular weight is 376 g/mol. The molecule has 0 saturated carbocycles. The van der Waals surface area contributed by atoms with Gasteiger partial charge in [0, 0.05) is 24.1 Å². The third-order valence-corrected chi connectivity index (χ3v) is 5.79. The monoisotopic (exact) mass is 376 g/mol. The number of thioether (sulfide) groups is 1. The van der Waals surface area contributed by atoms with Crippen molar-refractivity contribution < 1.29 is 8.78 Å². The smallest absolute Gasteiger partial charge is 0.272 e. The van der Waals surface area contributed by atoms with Gasteiger partial charge in [0.1, 0.15) is 25.0 Å². The third kappa shape index (κ3) is 3.12. The summed E-state index contributed by atoms with van der Waals surface area (Å²) in [5.74, 6) is 1.17. The summed E-state index contributed by atoms with van der Waals surface area (Å²) < 4.78 is 27.9. The van der Waals surface area contributed by atoms with Gasteiger partial charge in [-0.05, 0) is 25.0 Å². The minimum Gasteiger partial charge on any atom is -0.286 e. The number of aromatic nitrogens is 3. The molecule has 1 aliphatic rings. The van der Waals surface area contributed by atoms with Gasteiger partial charge < -0.3 is 0 Å². The van der Waals surface area contributed by atoms with Gasteiger partial charge in [0.05, 0.1) is 16.8 Å². The van der Waals surface area contributed by atoms with Crippen LogP contribution in [-0.4, -0.2) is 33.6 Å². The zero-order valence-corrected chi connectivity index (χ0v) is 15.3. The molecule has 8 heteroatoms. The van der Waals surface area contributed by atoms with Gasteiger partial charge in [-0.1, -0.05) is 18.7 Å². The number of fused-ring (bicyclic) bond motifs is 1. The lowest BCUT2D eigenvalue weighted by Crippen LogP contribution is -2.32. The van der Waals surface area contributed by atoms with Crippen LogP contribution in [0, 0.1) is 17.2 Å². The molecule has 0 saturated heterocycles. The van der Waals surface area contributed by atoms with E-state index in [1.807, 2.05) is 13.0 Å². The van der Waals surface area contributed by atoms with E-state index in [1.54, 1.807) is 6.07 Å². The Hall–Kier alpha value is -2.27. The quantitative estimate of drug-likeness (QED) is 0.767. The molecule has 2 aromatic rings. The summed E-state index contributed by atoms with van der Waals surface area (Å²) in [7, 11) is 0. The number of hydrogen-bond donors (Lipinski definition) is 0. The maximum atomic E-state index is 13.2. The molecule has 0 radical (unpaired) electrons. The summed E-state index contributed by atoms with van der Waals surface area (Å²) in [6.07, 6.45) is 1.41. The van der Waals surface area contributed by atoms with Crippen molar-refractivity contribution in [3.8, 4) is 17.3 Å². The predicted octanol–water partition coefficient (Wildman–Crippen LogP) is 3.12. The molecule has 0 aliphatic carbocycles. The molecule has 0 aromatic carbocycles. The SMILES string of the molecule is CC1CSc2nc(-c3ccc(C(C)(CF)CF)nc3)c(C#N)c(=O)n2C1. The van der Waals surface area contributed by atoms with Crippen LogP contribution >= 0.6 is 11.8 Å². The molecule has 5 nitrogen and oxygen atoms in total. The van der Waals surface area contributed by atoms with Crippen LogP contribution in [0.1, 0.15) is 25.1 Å². The predicted molar refractivity (Wildman–Crippen MR) is 95.6 cm³/mol. The Kier molecular flexibility index (Phi) is 5.10. The summed E-state index contributed by atoms with van der Waals surface area (Å²) >= 11 is 1.48. The van der Waals surface area contributed by atoms with Crippen LogP contribution in [0.2, 0.25) is 0 Å². The average Bonchev–Trinajstić information content (AvgIpc) is 2.68. The van der Waals surface area contributed by atoms with Gasteiger partial charge in [-0.25, -0.2) is 13.8 Å². The lowest BCUT2D eigenvalue weighted by Gasteiger charge is -2.23. The molecule has 136 valence electrons. The van der Waals surface area contributed by atoms with Gasteiger partial charge in [0.25, 0.3) is 5.56 Å². The molecule has 3 heterocycles. The third-order valence-electron chi connectivity index (χ3n) is 4.48. The van der Waals surface area contributed by atoms with Gasteiger partial charge >= 0.3 is 0 Å². The van der Waals surface area contributed by atoms with Gasteiger partial charge in [-0.3, -0.25) is 14.3 Å². The lowest BCUT2D eigenvalue weighted by molar-refractivity contribution is 0.253. The first-order valence-electron chi connectivity index (χ1n) is 8.20. The van der Waals surface area contributed by atoms with E-state index in [0.717, 1.165) is 5.75 Å². The van der Waals surface area contributed by atoms with Crippen molar-refractivity contribution in [3.63, 3.8) is 0 Å². The zero-order chi connectivity index (χ0) is 18.9. The van der Waals surface area contributed by atoms with Crippen molar-refractivity contribution in [2.24, 2.45) is 5.92 Å². The van der Waals surface area contributed by atoms with Gasteiger partial charge in [-0.15, -0.1) is 0 Å². The van der Waals surface area contributed by atoms with E-state index in [9.17, 15) is 18.8 Å². The van der Waals surface area contributed by atoms with Crippen molar-refractivity contribution in [1.82, 2.24) is 14.5 Å². The zero-order valence-electron chi connectivity index (χ0n) is 14.5. The van der Waals surface area contributed by atoms with Crippen LogP contribution in [0.5, 0.6) is 0 Å². The van der Waals surface area contributed by atoms with Crippen LogP contribution in [-0.2, 0) is 12.0 Å². The minimum atomic E-state index is -1.30. The van der Waals surface area contributed by atoms with Crippen molar-refractivity contribution in [2.45, 2.75) is 31.0 Å². The van der Waals surface area contributed by atoms with Crippen LogP contribution < -0.4 is 5.56 Å². The molecule has 1 atom stereocenters. The van der Waals surface area contributed by atoms with Crippen molar-refractivity contribution in [1.29, 1.82) is 5.26 Å². The standard InChI is InChI=1S/C18H18F2N4OS/c1-11-7-24-16(25)13(5-21)15(23-17(24)26-8-11)12-3-4-14(22-6-12)18(2,9-19)10-20/h3-4,6,11H,7-10H2,1-2H3. The summed E-state index contributed by atoms with van der Waals surface area (Å²) in [4.78, 5) is 21.3. The molecule has 0 fully saturated rings. The first-order valence-corrected chi connectivity index (χ1v) is 9.18. The number of halogens is 2. The summed E-state index contributed by atoms with van der Waals surface area (Å²) in [5, 5.41) is 10.0. The Morgan fingerprint density at radius 3 is 2.73 bits per heavy atom. The first kappa shape index (κ1) is 18.5. The van der Waals surface area contributed by atoms with Crippen molar-refractivity contribution >= 4 is 11.8 Å². The largest absolute Gasteiger partial charge is 0.286 e. The van der Waals surface area contributed by atoms with Crippen LogP contribution in [0.3, 0.4) is 0 Å². The Labute approximate surface area is 154 Å². The Morgan fingerprint density at radius 2 is 2.15 bits per heavy atom. The fourth-order valence-electron chi connectivity index (χ4n) is 2.76. The van der Waals surface area contributed by atoms with Crippen LogP contribution in [0.4, 0.5) is 8.78 Å². The molecular weight excluding hydrogens is 358 g/mol. The van der Waals surface area contributed by atoms with Crippen molar-refractivity contribution in [3.05, 3.63) is 39.9 Å². The van der Waals surface area contributed by atoms with E-state index in [2.05, 4.69) is 9.97 Å². The molecule has 0 bridgehead atoms. The second kappa shape index (κ2) is 7.16. The molecule has 1 unspecified atom stereocenters. The molecule has 2 aromatic heterocycles. The topological polar surface area (TPSA) is 71.6 Å². The number of nitriles is 1. The Bertz CT molecular complexity index is 917. The molecule has 0 amide bonds. The van der Waals surface area contributed by atoms with E-state index in [4.69, 9.17) is 0 Å². The highest BCUT2D eigenvalue weighted by molar-refractivity contribution is 7.99. The highest BCUT2D eigenvalue weighted by Crippen LogP contribution is 2.30. The van der Waals surface area contributed by atoms with E-state index >= 15 is 0 Å². The Balaban J connectivity index is 2.09. The fraction of sp³-hybridized carbons (Fsp3) is 0.444. The number of rotatable bonds is 4. The normalized spacial score (nSPS) is 16.8.